The Morgan fingerprint density at radius 2 is 2.00 bits per heavy atom. The van der Waals surface area contributed by atoms with Crippen LogP contribution in [0, 0.1) is 0 Å². The van der Waals surface area contributed by atoms with Crippen LogP contribution >= 0.6 is 0 Å². The fourth-order valence-corrected chi connectivity index (χ4v) is 3.86. The molecule has 0 aliphatic carbocycles. The number of aromatic nitrogens is 3. The predicted octanol–water partition coefficient (Wildman–Crippen LogP) is 1.76. The van der Waals surface area contributed by atoms with Crippen LogP contribution in [0.2, 0.25) is 0 Å². The van der Waals surface area contributed by atoms with Crippen molar-refractivity contribution in [2.45, 2.75) is 45.2 Å². The maximum Gasteiger partial charge on any atom is 0.255 e. The second kappa shape index (κ2) is 5.60. The molecule has 0 spiro atoms. The van der Waals surface area contributed by atoms with E-state index in [0.29, 0.717) is 24.1 Å². The predicted molar refractivity (Wildman–Crippen MR) is 88.5 cm³/mol. The molecule has 0 bridgehead atoms. The maximum atomic E-state index is 12.2. The number of pyridine rings is 1. The third-order valence-corrected chi connectivity index (χ3v) is 5.17. The van der Waals surface area contributed by atoms with Gasteiger partial charge in [0.25, 0.3) is 5.91 Å². The second-order valence-electron chi connectivity index (χ2n) is 6.84. The average molecular weight is 313 g/mol. The molecule has 2 aliphatic heterocycles. The molecule has 2 aliphatic rings. The van der Waals surface area contributed by atoms with E-state index in [-0.39, 0.29) is 5.91 Å². The van der Waals surface area contributed by atoms with Gasteiger partial charge in [-0.05, 0) is 39.8 Å². The standard InChI is InChI=1S/C17H23N5O/c1-11(2)21-6-3-12(4-7-21)16-20-14-10-18-9-13-15(14)22(16)8-5-19-17(13)23/h9-12H,3-8H2,1-2H3,(H,19,23). The lowest BCUT2D eigenvalue weighted by molar-refractivity contribution is 0.0956. The van der Waals surface area contributed by atoms with Gasteiger partial charge in [-0.15, -0.1) is 0 Å². The van der Waals surface area contributed by atoms with Gasteiger partial charge >= 0.3 is 0 Å². The molecule has 0 radical (unpaired) electrons. The highest BCUT2D eigenvalue weighted by Crippen LogP contribution is 2.32. The Kier molecular flexibility index (Phi) is 3.56. The number of hydrogen-bond donors (Lipinski definition) is 1. The van der Waals surface area contributed by atoms with Gasteiger partial charge in [0.05, 0.1) is 17.3 Å². The lowest BCUT2D eigenvalue weighted by atomic mass is 9.95. The van der Waals surface area contributed by atoms with Crippen LogP contribution in [-0.2, 0) is 6.54 Å². The molecule has 6 nitrogen and oxygen atoms in total. The maximum absolute atomic E-state index is 12.2. The summed E-state index contributed by atoms with van der Waals surface area (Å²) in [6.45, 7) is 8.19. The summed E-state index contributed by atoms with van der Waals surface area (Å²) in [6, 6.07) is 0.606. The number of nitrogens with one attached hydrogen (secondary N) is 1. The normalized spacial score (nSPS) is 20.0. The first kappa shape index (κ1) is 14.6. The van der Waals surface area contributed by atoms with Gasteiger partial charge in [-0.1, -0.05) is 0 Å². The van der Waals surface area contributed by atoms with Crippen molar-refractivity contribution in [3.05, 3.63) is 23.8 Å². The van der Waals surface area contributed by atoms with E-state index in [9.17, 15) is 4.79 Å². The van der Waals surface area contributed by atoms with Gasteiger partial charge in [0, 0.05) is 31.2 Å². The molecule has 1 N–H and O–H groups in total. The van der Waals surface area contributed by atoms with Gasteiger partial charge in [0.2, 0.25) is 0 Å². The molecule has 2 aromatic heterocycles. The van der Waals surface area contributed by atoms with Gasteiger partial charge in [-0.25, -0.2) is 4.98 Å². The van der Waals surface area contributed by atoms with Crippen LogP contribution < -0.4 is 5.32 Å². The van der Waals surface area contributed by atoms with Crippen molar-refractivity contribution in [1.29, 1.82) is 0 Å². The smallest absolute Gasteiger partial charge is 0.255 e. The topological polar surface area (TPSA) is 63.1 Å². The number of amides is 1. The number of carbonyl (C=O) groups is 1. The molecule has 4 rings (SSSR count). The summed E-state index contributed by atoms with van der Waals surface area (Å²) >= 11 is 0. The monoisotopic (exact) mass is 313 g/mol. The molecule has 1 amide bonds. The summed E-state index contributed by atoms with van der Waals surface area (Å²) in [7, 11) is 0. The summed E-state index contributed by atoms with van der Waals surface area (Å²) in [5, 5.41) is 2.95. The molecule has 2 aromatic rings. The Hall–Kier alpha value is -1.95. The number of carbonyl (C=O) groups excluding carboxylic acids is 1. The number of hydrogen-bond acceptors (Lipinski definition) is 4. The third-order valence-electron chi connectivity index (χ3n) is 5.17. The molecule has 122 valence electrons. The Labute approximate surface area is 135 Å². The number of likely N-dealkylation sites (tertiary alicyclic amines) is 1. The fraction of sp³-hybridized carbons (Fsp3) is 0.588. The zero-order valence-corrected chi connectivity index (χ0v) is 13.7. The molecule has 4 heterocycles. The highest BCUT2D eigenvalue weighted by atomic mass is 16.1. The van der Waals surface area contributed by atoms with E-state index in [0.717, 1.165) is 49.3 Å². The van der Waals surface area contributed by atoms with Crippen LogP contribution in [0.5, 0.6) is 0 Å². The van der Waals surface area contributed by atoms with Gasteiger partial charge in [-0.3, -0.25) is 9.78 Å². The van der Waals surface area contributed by atoms with Crippen LogP contribution in [0.1, 0.15) is 48.8 Å². The molecule has 0 saturated carbocycles. The Balaban J connectivity index is 1.73. The summed E-state index contributed by atoms with van der Waals surface area (Å²) < 4.78 is 2.25. The average Bonchev–Trinajstić information content (AvgIpc) is 2.84. The molecule has 0 aromatic carbocycles. The zero-order valence-electron chi connectivity index (χ0n) is 13.7. The molecular weight excluding hydrogens is 290 g/mol. The van der Waals surface area contributed by atoms with Crippen LogP contribution in [0.25, 0.3) is 11.0 Å². The SMILES string of the molecule is CC(C)N1CCC(c2nc3cncc4c3n2CCNC4=O)CC1. The first-order valence-corrected chi connectivity index (χ1v) is 8.51. The van der Waals surface area contributed by atoms with Crippen molar-refractivity contribution in [2.75, 3.05) is 19.6 Å². The lowest BCUT2D eigenvalue weighted by Gasteiger charge is -2.34. The van der Waals surface area contributed by atoms with E-state index in [1.807, 2.05) is 0 Å². The van der Waals surface area contributed by atoms with E-state index in [1.54, 1.807) is 12.4 Å². The van der Waals surface area contributed by atoms with E-state index < -0.39 is 0 Å². The minimum Gasteiger partial charge on any atom is -0.350 e. The first-order valence-electron chi connectivity index (χ1n) is 8.51. The Morgan fingerprint density at radius 1 is 1.22 bits per heavy atom. The second-order valence-corrected chi connectivity index (χ2v) is 6.84. The van der Waals surface area contributed by atoms with Crippen molar-refractivity contribution in [2.24, 2.45) is 0 Å². The number of nitrogens with zero attached hydrogens (tertiary/aromatic N) is 4. The van der Waals surface area contributed by atoms with Crippen LogP contribution in [0.15, 0.2) is 12.4 Å². The highest BCUT2D eigenvalue weighted by Gasteiger charge is 2.28. The van der Waals surface area contributed by atoms with Crippen LogP contribution in [0.4, 0.5) is 0 Å². The van der Waals surface area contributed by atoms with Gasteiger partial charge < -0.3 is 14.8 Å². The molecular formula is C17H23N5O. The largest absolute Gasteiger partial charge is 0.350 e. The fourth-order valence-electron chi connectivity index (χ4n) is 3.86. The Morgan fingerprint density at radius 3 is 2.74 bits per heavy atom. The molecule has 23 heavy (non-hydrogen) atoms. The Bertz CT molecular complexity index is 743. The summed E-state index contributed by atoms with van der Waals surface area (Å²) in [4.78, 5) is 23.8. The van der Waals surface area contributed by atoms with E-state index >= 15 is 0 Å². The van der Waals surface area contributed by atoms with Crippen LogP contribution in [-0.4, -0.2) is 51.0 Å². The minimum atomic E-state index is -0.0390. The molecule has 1 saturated heterocycles. The van der Waals surface area contributed by atoms with Crippen molar-refractivity contribution in [1.82, 2.24) is 24.8 Å². The number of piperidine rings is 1. The first-order chi connectivity index (χ1) is 11.1. The molecule has 0 atom stereocenters. The van der Waals surface area contributed by atoms with Gasteiger partial charge in [-0.2, -0.15) is 0 Å². The molecule has 6 heteroatoms. The van der Waals surface area contributed by atoms with Crippen molar-refractivity contribution >= 4 is 16.9 Å². The summed E-state index contributed by atoms with van der Waals surface area (Å²) in [5.74, 6) is 1.57. The summed E-state index contributed by atoms with van der Waals surface area (Å²) in [5.41, 5.74) is 2.45. The quantitative estimate of drug-likeness (QED) is 0.918. The van der Waals surface area contributed by atoms with Crippen molar-refractivity contribution < 1.29 is 4.79 Å². The van der Waals surface area contributed by atoms with Gasteiger partial charge in [0.15, 0.2) is 0 Å². The number of imidazole rings is 1. The zero-order chi connectivity index (χ0) is 16.0. The van der Waals surface area contributed by atoms with Gasteiger partial charge in [0.1, 0.15) is 11.3 Å². The van der Waals surface area contributed by atoms with E-state index in [1.165, 1.54) is 0 Å². The van der Waals surface area contributed by atoms with E-state index in [2.05, 4.69) is 33.6 Å². The third kappa shape index (κ3) is 2.41. The minimum absolute atomic E-state index is 0.0390. The van der Waals surface area contributed by atoms with E-state index in [4.69, 9.17) is 4.98 Å². The summed E-state index contributed by atoms with van der Waals surface area (Å²) in [6.07, 6.45) is 5.70. The number of rotatable bonds is 2. The molecule has 1 fully saturated rings. The highest BCUT2D eigenvalue weighted by molar-refractivity contribution is 6.05. The lowest BCUT2D eigenvalue weighted by Crippen LogP contribution is -2.38. The van der Waals surface area contributed by atoms with Crippen LogP contribution in [0.3, 0.4) is 0 Å². The molecule has 0 unspecified atom stereocenters. The van der Waals surface area contributed by atoms with Crippen molar-refractivity contribution in [3.63, 3.8) is 0 Å². The van der Waals surface area contributed by atoms with Crippen molar-refractivity contribution in [3.8, 4) is 0 Å².